The van der Waals surface area contributed by atoms with E-state index in [9.17, 15) is 8.42 Å². The van der Waals surface area contributed by atoms with Gasteiger partial charge in [-0.1, -0.05) is 26.0 Å². The lowest BCUT2D eigenvalue weighted by molar-refractivity contribution is 0.586. The number of sulfone groups is 1. The minimum absolute atomic E-state index is 0.307. The van der Waals surface area contributed by atoms with Crippen molar-refractivity contribution in [2.24, 2.45) is 0 Å². The Balaban J connectivity index is 2.55. The van der Waals surface area contributed by atoms with E-state index in [0.717, 1.165) is 18.4 Å². The van der Waals surface area contributed by atoms with E-state index in [2.05, 4.69) is 19.9 Å². The minimum Gasteiger partial charge on any atom is -0.224 e. The van der Waals surface area contributed by atoms with E-state index in [-0.39, 0.29) is 0 Å². The lowest BCUT2D eigenvalue weighted by Crippen LogP contribution is -2.16. The van der Waals surface area contributed by atoms with Gasteiger partial charge in [0.05, 0.1) is 10.6 Å². The molecule has 0 unspecified atom stereocenters. The van der Waals surface area contributed by atoms with E-state index in [1.54, 1.807) is 6.07 Å². The van der Waals surface area contributed by atoms with Gasteiger partial charge in [-0.05, 0) is 36.0 Å². The second-order valence-corrected chi connectivity index (χ2v) is 6.52. The first-order valence-electron chi connectivity index (χ1n) is 5.36. The summed E-state index contributed by atoms with van der Waals surface area (Å²) in [5.74, 6) is 0.765. The van der Waals surface area contributed by atoms with Crippen molar-refractivity contribution in [3.8, 4) is 0 Å². The third kappa shape index (κ3) is 1.93. The fourth-order valence-corrected chi connectivity index (χ4v) is 3.60. The van der Waals surface area contributed by atoms with Crippen molar-refractivity contribution < 1.29 is 8.42 Å². The van der Waals surface area contributed by atoms with Crippen LogP contribution in [0, 0.1) is 0 Å². The topological polar surface area (TPSA) is 34.1 Å². The molecule has 82 valence electrons. The molecule has 0 saturated heterocycles. The van der Waals surface area contributed by atoms with Gasteiger partial charge in [-0.15, -0.1) is 0 Å². The summed E-state index contributed by atoms with van der Waals surface area (Å²) in [6.45, 7) is 4.25. The first kappa shape index (κ1) is 10.7. The Morgan fingerprint density at radius 2 is 2.00 bits per heavy atom. The Morgan fingerprint density at radius 3 is 2.67 bits per heavy atom. The number of fused-ring (bicyclic) bond motifs is 1. The summed E-state index contributed by atoms with van der Waals surface area (Å²) < 4.78 is 23.5. The van der Waals surface area contributed by atoms with E-state index in [4.69, 9.17) is 0 Å². The summed E-state index contributed by atoms with van der Waals surface area (Å²) in [5, 5.41) is 0. The molecule has 0 fully saturated rings. The molecule has 1 aliphatic rings. The van der Waals surface area contributed by atoms with Gasteiger partial charge in [0, 0.05) is 0 Å². The van der Waals surface area contributed by atoms with Crippen molar-refractivity contribution in [2.45, 2.75) is 37.5 Å². The molecule has 0 aliphatic carbocycles. The van der Waals surface area contributed by atoms with Gasteiger partial charge in [0.15, 0.2) is 9.84 Å². The summed E-state index contributed by atoms with van der Waals surface area (Å²) in [6, 6.07) is 5.77. The van der Waals surface area contributed by atoms with Crippen LogP contribution in [0.2, 0.25) is 0 Å². The van der Waals surface area contributed by atoms with Gasteiger partial charge in [0.2, 0.25) is 0 Å². The summed E-state index contributed by atoms with van der Waals surface area (Å²) in [4.78, 5) is 0.554. The highest BCUT2D eigenvalue weighted by Gasteiger charge is 2.23. The molecule has 3 heteroatoms. The predicted molar refractivity (Wildman–Crippen MR) is 60.9 cm³/mol. The van der Waals surface area contributed by atoms with E-state index >= 15 is 0 Å². The van der Waals surface area contributed by atoms with E-state index < -0.39 is 9.84 Å². The molecule has 1 aliphatic heterocycles. The van der Waals surface area contributed by atoms with E-state index in [1.807, 2.05) is 6.07 Å². The van der Waals surface area contributed by atoms with E-state index in [1.165, 1.54) is 5.56 Å². The molecule has 0 amide bonds. The molecule has 1 heterocycles. The standard InChI is InChI=1S/C12H16O2S/c1-9(2)10-5-6-12-11(8-10)4-3-7-15(12,13)14/h5-6,8-9H,3-4,7H2,1-2H3. The summed E-state index contributed by atoms with van der Waals surface area (Å²) in [7, 11) is -2.98. The Bertz CT molecular complexity index is 472. The molecule has 0 aromatic heterocycles. The van der Waals surface area contributed by atoms with Crippen molar-refractivity contribution in [1.82, 2.24) is 0 Å². The van der Waals surface area contributed by atoms with Crippen LogP contribution in [-0.2, 0) is 16.3 Å². The van der Waals surface area contributed by atoms with Gasteiger partial charge in [0.1, 0.15) is 0 Å². The number of hydrogen-bond acceptors (Lipinski definition) is 2. The van der Waals surface area contributed by atoms with E-state index in [0.29, 0.717) is 16.6 Å². The van der Waals surface area contributed by atoms with Crippen LogP contribution >= 0.6 is 0 Å². The third-order valence-corrected chi connectivity index (χ3v) is 4.84. The molecule has 1 aromatic carbocycles. The van der Waals surface area contributed by atoms with Gasteiger partial charge in [-0.3, -0.25) is 0 Å². The second-order valence-electron chi connectivity index (χ2n) is 4.44. The van der Waals surface area contributed by atoms with Crippen LogP contribution in [0.4, 0.5) is 0 Å². The highest BCUT2D eigenvalue weighted by molar-refractivity contribution is 7.91. The van der Waals surface area contributed by atoms with Crippen LogP contribution in [0.15, 0.2) is 23.1 Å². The SMILES string of the molecule is CC(C)c1ccc2c(c1)CCCS2(=O)=O. The summed E-state index contributed by atoms with van der Waals surface area (Å²) in [5.41, 5.74) is 2.23. The van der Waals surface area contributed by atoms with Gasteiger partial charge in [-0.2, -0.15) is 0 Å². The zero-order chi connectivity index (χ0) is 11.1. The fourth-order valence-electron chi connectivity index (χ4n) is 2.02. The molecule has 15 heavy (non-hydrogen) atoms. The van der Waals surface area contributed by atoms with Crippen molar-refractivity contribution >= 4 is 9.84 Å². The molecule has 0 saturated carbocycles. The molecule has 0 bridgehead atoms. The molecule has 0 atom stereocenters. The van der Waals surface area contributed by atoms with Crippen LogP contribution in [-0.4, -0.2) is 14.2 Å². The highest BCUT2D eigenvalue weighted by atomic mass is 32.2. The minimum atomic E-state index is -2.98. The molecule has 2 rings (SSSR count). The molecular weight excluding hydrogens is 208 g/mol. The van der Waals surface area contributed by atoms with Crippen molar-refractivity contribution in [3.05, 3.63) is 29.3 Å². The lowest BCUT2D eigenvalue weighted by atomic mass is 9.99. The molecule has 0 N–H and O–H groups in total. The van der Waals surface area contributed by atoms with Crippen molar-refractivity contribution in [2.75, 3.05) is 5.75 Å². The first-order valence-corrected chi connectivity index (χ1v) is 7.01. The average molecular weight is 224 g/mol. The quantitative estimate of drug-likeness (QED) is 0.734. The molecule has 1 aromatic rings. The maximum atomic E-state index is 11.8. The smallest absolute Gasteiger partial charge is 0.178 e. The van der Waals surface area contributed by atoms with Gasteiger partial charge >= 0.3 is 0 Å². The van der Waals surface area contributed by atoms with Crippen LogP contribution in [0.25, 0.3) is 0 Å². The number of aryl methyl sites for hydroxylation is 1. The Kier molecular flexibility index (Phi) is 2.59. The largest absolute Gasteiger partial charge is 0.224 e. The maximum Gasteiger partial charge on any atom is 0.178 e. The highest BCUT2D eigenvalue weighted by Crippen LogP contribution is 2.27. The number of benzene rings is 1. The number of hydrogen-bond donors (Lipinski definition) is 0. The Labute approximate surface area is 91.2 Å². The van der Waals surface area contributed by atoms with Gasteiger partial charge in [0.25, 0.3) is 0 Å². The fraction of sp³-hybridized carbons (Fsp3) is 0.500. The average Bonchev–Trinajstić information content (AvgIpc) is 2.16. The van der Waals surface area contributed by atoms with Crippen LogP contribution < -0.4 is 0 Å². The molecule has 2 nitrogen and oxygen atoms in total. The zero-order valence-corrected chi connectivity index (χ0v) is 9.97. The molecule has 0 radical (unpaired) electrons. The zero-order valence-electron chi connectivity index (χ0n) is 9.16. The maximum absolute atomic E-state index is 11.8. The van der Waals surface area contributed by atoms with Crippen molar-refractivity contribution in [1.29, 1.82) is 0 Å². The number of rotatable bonds is 1. The normalized spacial score (nSPS) is 18.9. The lowest BCUT2D eigenvalue weighted by Gasteiger charge is -2.18. The predicted octanol–water partition coefficient (Wildman–Crippen LogP) is 2.53. The van der Waals surface area contributed by atoms with Gasteiger partial charge in [-0.25, -0.2) is 8.42 Å². The summed E-state index contributed by atoms with van der Waals surface area (Å²) >= 11 is 0. The van der Waals surface area contributed by atoms with Crippen LogP contribution in [0.5, 0.6) is 0 Å². The molecule has 0 spiro atoms. The summed E-state index contributed by atoms with van der Waals surface area (Å²) in [6.07, 6.45) is 1.66. The molecular formula is C12H16O2S. The van der Waals surface area contributed by atoms with Crippen LogP contribution in [0.3, 0.4) is 0 Å². The monoisotopic (exact) mass is 224 g/mol. The third-order valence-electron chi connectivity index (χ3n) is 2.95. The van der Waals surface area contributed by atoms with Crippen molar-refractivity contribution in [3.63, 3.8) is 0 Å². The van der Waals surface area contributed by atoms with Gasteiger partial charge < -0.3 is 0 Å². The Morgan fingerprint density at radius 1 is 1.27 bits per heavy atom. The Hall–Kier alpha value is -0.830. The second kappa shape index (κ2) is 3.63. The van der Waals surface area contributed by atoms with Crippen LogP contribution in [0.1, 0.15) is 37.3 Å². The first-order chi connectivity index (χ1) is 7.00.